The average Bonchev–Trinajstić information content (AvgIpc) is 3.02. The van der Waals surface area contributed by atoms with Crippen molar-refractivity contribution >= 4 is 0 Å². The number of rotatable bonds is 6. The third-order valence-corrected chi connectivity index (χ3v) is 11.6. The molecule has 1 saturated carbocycles. The third-order valence-electron chi connectivity index (χ3n) is 11.6. The van der Waals surface area contributed by atoms with Crippen molar-refractivity contribution in [2.24, 2.45) is 23.7 Å². The van der Waals surface area contributed by atoms with Gasteiger partial charge in [0.05, 0.1) is 23.4 Å². The van der Waals surface area contributed by atoms with E-state index in [0.29, 0.717) is 23.7 Å². The molecule has 6 rings (SSSR count). The molecule has 46 heavy (non-hydrogen) atoms. The zero-order valence-corrected chi connectivity index (χ0v) is 30.3. The normalized spacial score (nSPS) is 33.2. The van der Waals surface area contributed by atoms with Gasteiger partial charge in [0, 0.05) is 11.8 Å². The second-order valence-electron chi connectivity index (χ2n) is 16.0. The summed E-state index contributed by atoms with van der Waals surface area (Å²) in [6.07, 6.45) is 15.6. The second-order valence-corrected chi connectivity index (χ2v) is 16.0. The molecule has 2 aromatic carbocycles. The lowest BCUT2D eigenvalue weighted by atomic mass is 9.65. The number of aryl methyl sites for hydroxylation is 2. The highest BCUT2D eigenvalue weighted by molar-refractivity contribution is 5.29. The molecular formula is C44H60O2. The lowest BCUT2D eigenvalue weighted by Gasteiger charge is -2.52. The van der Waals surface area contributed by atoms with Gasteiger partial charge in [-0.2, -0.15) is 0 Å². The molecule has 2 heterocycles. The van der Waals surface area contributed by atoms with Crippen molar-refractivity contribution in [1.82, 2.24) is 0 Å². The molecule has 2 aliphatic heterocycles. The van der Waals surface area contributed by atoms with E-state index in [0.717, 1.165) is 25.7 Å². The minimum absolute atomic E-state index is 0.0516. The van der Waals surface area contributed by atoms with Crippen molar-refractivity contribution in [3.63, 3.8) is 0 Å². The van der Waals surface area contributed by atoms with Crippen LogP contribution >= 0.6 is 0 Å². The molecule has 6 unspecified atom stereocenters. The van der Waals surface area contributed by atoms with E-state index in [2.05, 4.69) is 136 Å². The van der Waals surface area contributed by atoms with Gasteiger partial charge in [-0.25, -0.2) is 0 Å². The average molecular weight is 621 g/mol. The summed E-state index contributed by atoms with van der Waals surface area (Å²) in [5, 5.41) is 0. The van der Waals surface area contributed by atoms with Crippen LogP contribution in [0.4, 0.5) is 0 Å². The number of ether oxygens (including phenoxy) is 2. The van der Waals surface area contributed by atoms with E-state index in [9.17, 15) is 0 Å². The molecule has 248 valence electrons. The highest BCUT2D eigenvalue weighted by Crippen LogP contribution is 2.54. The van der Waals surface area contributed by atoms with E-state index >= 15 is 0 Å². The SMILES string of the molecule is C=C1CC[C@H]2CC1C(c1ccc(C)cc1)OC2(C)CC=C(C)C.CC(C)=CCC1(C)OC(c2ccc(C)cc2)C2C[C@@H]1CC=C2C. The summed E-state index contributed by atoms with van der Waals surface area (Å²) >= 11 is 0. The lowest BCUT2D eigenvalue weighted by Crippen LogP contribution is -2.48. The highest BCUT2D eigenvalue weighted by Gasteiger charge is 2.49. The topological polar surface area (TPSA) is 18.5 Å². The van der Waals surface area contributed by atoms with Gasteiger partial charge in [0.25, 0.3) is 0 Å². The predicted molar refractivity (Wildman–Crippen MR) is 195 cm³/mol. The summed E-state index contributed by atoms with van der Waals surface area (Å²) in [7, 11) is 0. The van der Waals surface area contributed by atoms with Gasteiger partial charge in [-0.1, -0.05) is 107 Å². The molecule has 0 spiro atoms. The predicted octanol–water partition coefficient (Wildman–Crippen LogP) is 12.3. The minimum atomic E-state index is -0.0550. The largest absolute Gasteiger partial charge is 0.366 e. The fourth-order valence-electron chi connectivity index (χ4n) is 8.25. The molecule has 0 N–H and O–H groups in total. The number of fused-ring (bicyclic) bond motifs is 4. The van der Waals surface area contributed by atoms with Gasteiger partial charge in [0.15, 0.2) is 0 Å². The second kappa shape index (κ2) is 14.2. The number of hydrogen-bond donors (Lipinski definition) is 0. The van der Waals surface area contributed by atoms with Crippen LogP contribution in [-0.4, -0.2) is 11.2 Å². The van der Waals surface area contributed by atoms with Gasteiger partial charge >= 0.3 is 0 Å². The Morgan fingerprint density at radius 1 is 0.717 bits per heavy atom. The highest BCUT2D eigenvalue weighted by atomic mass is 16.5. The van der Waals surface area contributed by atoms with Gasteiger partial charge in [0.2, 0.25) is 0 Å². The van der Waals surface area contributed by atoms with Crippen LogP contribution in [0.3, 0.4) is 0 Å². The van der Waals surface area contributed by atoms with Crippen LogP contribution in [-0.2, 0) is 9.47 Å². The van der Waals surface area contributed by atoms with Crippen LogP contribution in [0.1, 0.15) is 128 Å². The summed E-state index contributed by atoms with van der Waals surface area (Å²) in [6, 6.07) is 17.8. The maximum Gasteiger partial charge on any atom is 0.0897 e. The minimum Gasteiger partial charge on any atom is -0.366 e. The monoisotopic (exact) mass is 620 g/mol. The number of benzene rings is 2. The molecule has 3 fully saturated rings. The Labute approximate surface area is 281 Å². The van der Waals surface area contributed by atoms with Crippen molar-refractivity contribution in [3.05, 3.63) is 118 Å². The summed E-state index contributed by atoms with van der Waals surface area (Å²) in [4.78, 5) is 0. The van der Waals surface area contributed by atoms with Crippen LogP contribution in [0.2, 0.25) is 0 Å². The summed E-state index contributed by atoms with van der Waals surface area (Å²) < 4.78 is 13.6. The molecule has 2 aromatic rings. The fraction of sp³-hybridized carbons (Fsp3) is 0.545. The van der Waals surface area contributed by atoms with E-state index < -0.39 is 0 Å². The van der Waals surface area contributed by atoms with Crippen molar-refractivity contribution in [2.45, 2.75) is 131 Å². The first-order chi connectivity index (χ1) is 21.8. The summed E-state index contributed by atoms with van der Waals surface area (Å²) in [6.45, 7) is 24.3. The number of hydrogen-bond acceptors (Lipinski definition) is 2. The Morgan fingerprint density at radius 2 is 1.17 bits per heavy atom. The molecule has 2 heteroatoms. The number of allylic oxidation sites excluding steroid dienone is 3. The quantitative estimate of drug-likeness (QED) is 0.299. The van der Waals surface area contributed by atoms with Gasteiger partial charge < -0.3 is 9.47 Å². The Kier molecular flexibility index (Phi) is 10.7. The van der Waals surface area contributed by atoms with Crippen molar-refractivity contribution in [1.29, 1.82) is 0 Å². The van der Waals surface area contributed by atoms with Gasteiger partial charge in [0.1, 0.15) is 0 Å². The van der Waals surface area contributed by atoms with E-state index in [1.165, 1.54) is 63.8 Å². The molecule has 0 amide bonds. The third kappa shape index (κ3) is 7.71. The Hall–Kier alpha value is -2.68. The van der Waals surface area contributed by atoms with Crippen molar-refractivity contribution < 1.29 is 9.47 Å². The van der Waals surface area contributed by atoms with Crippen LogP contribution in [0.15, 0.2) is 95.6 Å². The zero-order valence-electron chi connectivity index (χ0n) is 30.3. The smallest absolute Gasteiger partial charge is 0.0897 e. The maximum absolute atomic E-state index is 6.80. The molecule has 0 radical (unpaired) electrons. The first-order valence-corrected chi connectivity index (χ1v) is 17.9. The Bertz CT molecular complexity index is 1450. The summed E-state index contributed by atoms with van der Waals surface area (Å²) in [5.41, 5.74) is 10.8. The van der Waals surface area contributed by atoms with E-state index in [-0.39, 0.29) is 23.4 Å². The molecule has 2 saturated heterocycles. The molecule has 0 aromatic heterocycles. The van der Waals surface area contributed by atoms with Crippen molar-refractivity contribution in [2.75, 3.05) is 0 Å². The Morgan fingerprint density at radius 3 is 1.67 bits per heavy atom. The lowest BCUT2D eigenvalue weighted by molar-refractivity contribution is -0.181. The molecule has 8 atom stereocenters. The molecule has 4 bridgehead atoms. The zero-order chi connectivity index (χ0) is 33.2. The van der Waals surface area contributed by atoms with E-state index in [1.54, 1.807) is 0 Å². The van der Waals surface area contributed by atoms with E-state index in [4.69, 9.17) is 9.47 Å². The molecule has 2 nitrogen and oxygen atoms in total. The van der Waals surface area contributed by atoms with Gasteiger partial charge in [-0.05, 0) is 130 Å². The molecule has 2 aliphatic carbocycles. The first kappa shape index (κ1) is 34.6. The molecular weight excluding hydrogens is 560 g/mol. The Balaban J connectivity index is 0.000000181. The van der Waals surface area contributed by atoms with Crippen LogP contribution in [0, 0.1) is 37.5 Å². The van der Waals surface area contributed by atoms with Crippen LogP contribution < -0.4 is 0 Å². The van der Waals surface area contributed by atoms with Crippen LogP contribution in [0.25, 0.3) is 0 Å². The van der Waals surface area contributed by atoms with Crippen molar-refractivity contribution in [3.8, 4) is 0 Å². The van der Waals surface area contributed by atoms with E-state index in [1.807, 2.05) is 0 Å². The maximum atomic E-state index is 6.80. The fourth-order valence-corrected chi connectivity index (χ4v) is 8.25. The van der Waals surface area contributed by atoms with Gasteiger partial charge in [-0.3, -0.25) is 0 Å². The first-order valence-electron chi connectivity index (χ1n) is 17.9. The molecule has 4 aliphatic rings. The standard InChI is InChI=1S/2C22H30O/c2*1-15(2)12-13-22(5)19-11-8-17(4)20(14-19)21(23-22)18-9-6-16(3)7-10-18/h6-10,12,19-21H,11,13-14H2,1-5H3;6-7,9-10,12,19-21H,4,8,11,13-14H2,1-3,5H3/t2*19-,20?,21?,22?/m00/s1. The van der Waals surface area contributed by atoms with Crippen LogP contribution in [0.5, 0.6) is 0 Å². The summed E-state index contributed by atoms with van der Waals surface area (Å²) in [5.74, 6) is 2.30. The van der Waals surface area contributed by atoms with Gasteiger partial charge in [-0.15, -0.1) is 0 Å².